The SMILES string of the molecule is CCCCc1ncn(Cc2cccc(Cn3cnc(CCCC)c3CCCC)c2)c1CCCC. The molecule has 0 aliphatic heterocycles. The first-order valence-corrected chi connectivity index (χ1v) is 13.8. The smallest absolute Gasteiger partial charge is 0.0954 e. The molecule has 34 heavy (non-hydrogen) atoms. The average Bonchev–Trinajstić information content (AvgIpc) is 3.41. The van der Waals surface area contributed by atoms with Crippen molar-refractivity contribution in [3.63, 3.8) is 0 Å². The van der Waals surface area contributed by atoms with Crippen molar-refractivity contribution in [3.8, 4) is 0 Å². The summed E-state index contributed by atoms with van der Waals surface area (Å²) in [6, 6.07) is 9.12. The molecule has 2 heterocycles. The maximum absolute atomic E-state index is 4.81. The summed E-state index contributed by atoms with van der Waals surface area (Å²) in [5.41, 5.74) is 8.22. The number of aryl methyl sites for hydroxylation is 2. The Labute approximate surface area is 207 Å². The predicted molar refractivity (Wildman–Crippen MR) is 144 cm³/mol. The first-order chi connectivity index (χ1) is 16.7. The molecule has 0 spiro atoms. The van der Waals surface area contributed by atoms with Gasteiger partial charge in [0.2, 0.25) is 0 Å². The molecule has 0 bridgehead atoms. The zero-order chi connectivity index (χ0) is 24.2. The highest BCUT2D eigenvalue weighted by molar-refractivity contribution is 5.26. The number of rotatable bonds is 16. The molecule has 1 aromatic carbocycles. The minimum atomic E-state index is 0.903. The molecule has 0 amide bonds. The molecule has 0 atom stereocenters. The van der Waals surface area contributed by atoms with E-state index in [0.29, 0.717) is 0 Å². The van der Waals surface area contributed by atoms with Crippen molar-refractivity contribution < 1.29 is 0 Å². The van der Waals surface area contributed by atoms with Crippen LogP contribution in [0.4, 0.5) is 0 Å². The lowest BCUT2D eigenvalue weighted by atomic mass is 10.1. The van der Waals surface area contributed by atoms with Crippen LogP contribution in [-0.2, 0) is 38.8 Å². The highest BCUT2D eigenvalue weighted by Crippen LogP contribution is 2.19. The van der Waals surface area contributed by atoms with E-state index in [0.717, 1.165) is 38.8 Å². The summed E-state index contributed by atoms with van der Waals surface area (Å²) in [5, 5.41) is 0. The van der Waals surface area contributed by atoms with Gasteiger partial charge in [0.1, 0.15) is 0 Å². The van der Waals surface area contributed by atoms with E-state index in [-0.39, 0.29) is 0 Å². The fourth-order valence-electron chi connectivity index (χ4n) is 4.76. The molecule has 186 valence electrons. The first kappa shape index (κ1) is 26.2. The van der Waals surface area contributed by atoms with Crippen LogP contribution in [0.1, 0.15) is 113 Å². The Hall–Kier alpha value is -2.36. The number of hydrogen-bond acceptors (Lipinski definition) is 2. The standard InChI is InChI=1S/C30H46N4/c1-5-9-16-27-29(18-11-7-3)33(23-31-27)21-25-14-13-15-26(20-25)22-34-24-32-28(17-10-6-2)30(34)19-12-8-4/h13-15,20,23-24H,5-12,16-19,21-22H2,1-4H3. The molecule has 0 aliphatic rings. The van der Waals surface area contributed by atoms with E-state index in [2.05, 4.69) is 73.7 Å². The predicted octanol–water partition coefficient (Wildman–Crippen LogP) is 7.55. The van der Waals surface area contributed by atoms with E-state index in [1.807, 2.05) is 0 Å². The molecule has 4 nitrogen and oxygen atoms in total. The molecule has 0 saturated carbocycles. The number of benzene rings is 1. The molecule has 0 radical (unpaired) electrons. The molecular formula is C30H46N4. The lowest BCUT2D eigenvalue weighted by Gasteiger charge is -2.13. The second-order valence-electron chi connectivity index (χ2n) is 9.77. The van der Waals surface area contributed by atoms with Crippen LogP contribution in [0.5, 0.6) is 0 Å². The number of hydrogen-bond donors (Lipinski definition) is 0. The van der Waals surface area contributed by atoms with Crippen LogP contribution in [0.2, 0.25) is 0 Å². The zero-order valence-electron chi connectivity index (χ0n) is 22.2. The van der Waals surface area contributed by atoms with Crippen molar-refractivity contribution in [3.05, 3.63) is 70.8 Å². The van der Waals surface area contributed by atoms with Crippen LogP contribution in [0.3, 0.4) is 0 Å². The quantitative estimate of drug-likeness (QED) is 0.220. The van der Waals surface area contributed by atoms with Crippen LogP contribution in [-0.4, -0.2) is 19.1 Å². The van der Waals surface area contributed by atoms with Gasteiger partial charge in [0.25, 0.3) is 0 Å². The summed E-state index contributed by atoms with van der Waals surface area (Å²) in [4.78, 5) is 9.62. The van der Waals surface area contributed by atoms with Gasteiger partial charge in [-0.05, 0) is 62.5 Å². The van der Waals surface area contributed by atoms with Gasteiger partial charge in [-0.25, -0.2) is 9.97 Å². The summed E-state index contributed by atoms with van der Waals surface area (Å²) in [7, 11) is 0. The first-order valence-electron chi connectivity index (χ1n) is 13.8. The molecular weight excluding hydrogens is 416 g/mol. The monoisotopic (exact) mass is 462 g/mol. The van der Waals surface area contributed by atoms with Gasteiger partial charge >= 0.3 is 0 Å². The van der Waals surface area contributed by atoms with E-state index in [1.54, 1.807) is 0 Å². The van der Waals surface area contributed by atoms with E-state index in [9.17, 15) is 0 Å². The van der Waals surface area contributed by atoms with Crippen molar-refractivity contribution in [2.75, 3.05) is 0 Å². The Kier molecular flexibility index (Phi) is 10.9. The van der Waals surface area contributed by atoms with Gasteiger partial charge < -0.3 is 9.13 Å². The lowest BCUT2D eigenvalue weighted by Crippen LogP contribution is -2.08. The van der Waals surface area contributed by atoms with E-state index >= 15 is 0 Å². The molecule has 3 rings (SSSR count). The second-order valence-corrected chi connectivity index (χ2v) is 9.77. The maximum Gasteiger partial charge on any atom is 0.0954 e. The summed E-state index contributed by atoms with van der Waals surface area (Å²) in [5.74, 6) is 0. The third-order valence-electron chi connectivity index (χ3n) is 6.83. The Balaban J connectivity index is 1.77. The second kappa shape index (κ2) is 14.1. The highest BCUT2D eigenvalue weighted by atomic mass is 15.1. The Morgan fingerprint density at radius 1 is 0.588 bits per heavy atom. The van der Waals surface area contributed by atoms with Crippen molar-refractivity contribution in [1.82, 2.24) is 19.1 Å². The van der Waals surface area contributed by atoms with Gasteiger partial charge in [-0.3, -0.25) is 0 Å². The van der Waals surface area contributed by atoms with E-state index in [4.69, 9.17) is 9.97 Å². The maximum atomic E-state index is 4.81. The number of nitrogens with zero attached hydrogens (tertiary/aromatic N) is 4. The van der Waals surface area contributed by atoms with Crippen LogP contribution >= 0.6 is 0 Å². The van der Waals surface area contributed by atoms with Crippen molar-refractivity contribution in [1.29, 1.82) is 0 Å². The summed E-state index contributed by atoms with van der Waals surface area (Å²) >= 11 is 0. The zero-order valence-corrected chi connectivity index (χ0v) is 22.2. The van der Waals surface area contributed by atoms with Crippen molar-refractivity contribution in [2.45, 2.75) is 118 Å². The fourth-order valence-corrected chi connectivity index (χ4v) is 4.76. The lowest BCUT2D eigenvalue weighted by molar-refractivity contribution is 0.675. The van der Waals surface area contributed by atoms with Gasteiger partial charge in [0.05, 0.1) is 24.0 Å². The van der Waals surface area contributed by atoms with Gasteiger partial charge in [-0.15, -0.1) is 0 Å². The average molecular weight is 463 g/mol. The van der Waals surface area contributed by atoms with Crippen LogP contribution < -0.4 is 0 Å². The molecule has 0 aliphatic carbocycles. The third kappa shape index (κ3) is 7.32. The van der Waals surface area contributed by atoms with Crippen LogP contribution in [0.25, 0.3) is 0 Å². The van der Waals surface area contributed by atoms with Gasteiger partial charge in [0.15, 0.2) is 0 Å². The molecule has 0 fully saturated rings. The minimum absolute atomic E-state index is 0.903. The van der Waals surface area contributed by atoms with Crippen molar-refractivity contribution in [2.24, 2.45) is 0 Å². The fraction of sp³-hybridized carbons (Fsp3) is 0.600. The van der Waals surface area contributed by atoms with Crippen LogP contribution in [0.15, 0.2) is 36.9 Å². The molecule has 2 aromatic heterocycles. The molecule has 3 aromatic rings. The summed E-state index contributed by atoms with van der Waals surface area (Å²) in [6.07, 6.45) is 18.4. The molecule has 0 saturated heterocycles. The Morgan fingerprint density at radius 2 is 1.00 bits per heavy atom. The van der Waals surface area contributed by atoms with Crippen molar-refractivity contribution >= 4 is 0 Å². The summed E-state index contributed by atoms with van der Waals surface area (Å²) in [6.45, 7) is 10.9. The highest BCUT2D eigenvalue weighted by Gasteiger charge is 2.13. The van der Waals surface area contributed by atoms with Gasteiger partial charge in [-0.1, -0.05) is 77.6 Å². The molecule has 0 N–H and O–H groups in total. The molecule has 0 unspecified atom stereocenters. The Bertz CT molecular complexity index is 906. The van der Waals surface area contributed by atoms with Crippen LogP contribution in [0, 0.1) is 0 Å². The van der Waals surface area contributed by atoms with Gasteiger partial charge in [0, 0.05) is 24.5 Å². The number of aromatic nitrogens is 4. The van der Waals surface area contributed by atoms with Gasteiger partial charge in [-0.2, -0.15) is 0 Å². The summed E-state index contributed by atoms with van der Waals surface area (Å²) < 4.78 is 4.79. The Morgan fingerprint density at radius 3 is 1.41 bits per heavy atom. The third-order valence-corrected chi connectivity index (χ3v) is 6.83. The number of imidazole rings is 2. The molecule has 4 heteroatoms. The normalized spacial score (nSPS) is 11.4. The van der Waals surface area contributed by atoms with E-state index < -0.39 is 0 Å². The largest absolute Gasteiger partial charge is 0.330 e. The number of unbranched alkanes of at least 4 members (excludes halogenated alkanes) is 4. The topological polar surface area (TPSA) is 35.6 Å². The minimum Gasteiger partial charge on any atom is -0.330 e. The van der Waals surface area contributed by atoms with E-state index in [1.165, 1.54) is 85.3 Å².